The molecule has 1 aliphatic heterocycles. The molecule has 0 radical (unpaired) electrons. The Morgan fingerprint density at radius 1 is 1.16 bits per heavy atom. The second kappa shape index (κ2) is 8.14. The van der Waals surface area contributed by atoms with Crippen LogP contribution in [0.3, 0.4) is 0 Å². The van der Waals surface area contributed by atoms with Crippen molar-refractivity contribution in [3.05, 3.63) is 87.3 Å². The number of anilines is 1. The van der Waals surface area contributed by atoms with Crippen molar-refractivity contribution in [2.24, 2.45) is 0 Å². The average Bonchev–Trinajstić information content (AvgIpc) is 2.75. The molecule has 0 spiro atoms. The highest BCUT2D eigenvalue weighted by atomic mass is 19.1. The van der Waals surface area contributed by atoms with Gasteiger partial charge in [0.25, 0.3) is 11.5 Å². The van der Waals surface area contributed by atoms with E-state index in [1.54, 1.807) is 36.4 Å². The summed E-state index contributed by atoms with van der Waals surface area (Å²) in [5.41, 5.74) is 2.43. The van der Waals surface area contributed by atoms with Crippen LogP contribution in [0, 0.1) is 12.7 Å². The SMILES string of the molecule is CC(=O)N1CCc2c(cn(-c3ccc(F)cc3)c(=O)c2C(=O)Nc2cccnc2C)C1. The molecular formula is C23H21FN4O3. The number of benzene rings is 1. The summed E-state index contributed by atoms with van der Waals surface area (Å²) in [6, 6.07) is 8.86. The fourth-order valence-electron chi connectivity index (χ4n) is 3.75. The summed E-state index contributed by atoms with van der Waals surface area (Å²) in [6.45, 7) is 3.96. The smallest absolute Gasteiger partial charge is 0.268 e. The summed E-state index contributed by atoms with van der Waals surface area (Å²) in [6.07, 6.45) is 3.64. The summed E-state index contributed by atoms with van der Waals surface area (Å²) in [5.74, 6) is -1.05. The van der Waals surface area contributed by atoms with Crippen molar-refractivity contribution in [3.63, 3.8) is 0 Å². The highest BCUT2D eigenvalue weighted by Gasteiger charge is 2.27. The quantitative estimate of drug-likeness (QED) is 0.706. The minimum absolute atomic E-state index is 0.0216. The van der Waals surface area contributed by atoms with Crippen LogP contribution in [0.2, 0.25) is 0 Å². The van der Waals surface area contributed by atoms with E-state index < -0.39 is 17.3 Å². The van der Waals surface area contributed by atoms with Gasteiger partial charge in [0.05, 0.1) is 11.4 Å². The number of rotatable bonds is 3. The van der Waals surface area contributed by atoms with Crippen LogP contribution in [0.5, 0.6) is 0 Å². The van der Waals surface area contributed by atoms with E-state index in [1.165, 1.54) is 35.8 Å². The Balaban J connectivity index is 1.85. The topological polar surface area (TPSA) is 84.3 Å². The molecule has 3 heterocycles. The maximum absolute atomic E-state index is 13.4. The van der Waals surface area contributed by atoms with Gasteiger partial charge in [0.1, 0.15) is 11.4 Å². The van der Waals surface area contributed by atoms with Crippen molar-refractivity contribution >= 4 is 17.5 Å². The predicted molar refractivity (Wildman–Crippen MR) is 114 cm³/mol. The van der Waals surface area contributed by atoms with Gasteiger partial charge >= 0.3 is 0 Å². The second-order valence-corrected chi connectivity index (χ2v) is 7.44. The van der Waals surface area contributed by atoms with Gasteiger partial charge in [0.2, 0.25) is 5.91 Å². The summed E-state index contributed by atoms with van der Waals surface area (Å²) in [5, 5.41) is 2.78. The monoisotopic (exact) mass is 420 g/mol. The van der Waals surface area contributed by atoms with Gasteiger partial charge in [-0.25, -0.2) is 4.39 Å². The molecule has 2 amide bonds. The molecule has 0 atom stereocenters. The average molecular weight is 420 g/mol. The molecule has 0 unspecified atom stereocenters. The van der Waals surface area contributed by atoms with Crippen LogP contribution in [0.1, 0.15) is 34.1 Å². The predicted octanol–water partition coefficient (Wildman–Crippen LogP) is 2.84. The molecule has 7 nitrogen and oxygen atoms in total. The van der Waals surface area contributed by atoms with Crippen LogP contribution in [-0.4, -0.2) is 32.8 Å². The molecule has 2 aromatic heterocycles. The third-order valence-corrected chi connectivity index (χ3v) is 5.43. The number of fused-ring (bicyclic) bond motifs is 1. The summed E-state index contributed by atoms with van der Waals surface area (Å²) in [4.78, 5) is 44.3. The number of halogens is 1. The first-order chi connectivity index (χ1) is 14.8. The number of carbonyl (C=O) groups is 2. The minimum Gasteiger partial charge on any atom is -0.338 e. The summed E-state index contributed by atoms with van der Waals surface area (Å²) >= 11 is 0. The molecule has 4 rings (SSSR count). The van der Waals surface area contributed by atoms with Gasteiger partial charge in [-0.15, -0.1) is 0 Å². The molecule has 1 N–H and O–H groups in total. The Labute approximate surface area is 178 Å². The number of amides is 2. The first kappa shape index (κ1) is 20.5. The number of aromatic nitrogens is 2. The highest BCUT2D eigenvalue weighted by Crippen LogP contribution is 2.23. The number of nitrogens with one attached hydrogen (secondary N) is 1. The maximum Gasteiger partial charge on any atom is 0.268 e. The van der Waals surface area contributed by atoms with E-state index in [9.17, 15) is 18.8 Å². The van der Waals surface area contributed by atoms with Crippen LogP contribution in [-0.2, 0) is 17.8 Å². The van der Waals surface area contributed by atoms with E-state index in [1.807, 2.05) is 0 Å². The van der Waals surface area contributed by atoms with Crippen molar-refractivity contribution in [2.45, 2.75) is 26.8 Å². The van der Waals surface area contributed by atoms with Crippen molar-refractivity contribution in [3.8, 4) is 5.69 Å². The van der Waals surface area contributed by atoms with E-state index >= 15 is 0 Å². The van der Waals surface area contributed by atoms with Gasteiger partial charge in [0.15, 0.2) is 0 Å². The number of aryl methyl sites for hydroxylation is 1. The van der Waals surface area contributed by atoms with Crippen molar-refractivity contribution in [2.75, 3.05) is 11.9 Å². The lowest BCUT2D eigenvalue weighted by Gasteiger charge is -2.29. The molecule has 0 fully saturated rings. The van der Waals surface area contributed by atoms with Crippen LogP contribution >= 0.6 is 0 Å². The fourth-order valence-corrected chi connectivity index (χ4v) is 3.75. The third-order valence-electron chi connectivity index (χ3n) is 5.43. The molecule has 0 aliphatic carbocycles. The highest BCUT2D eigenvalue weighted by molar-refractivity contribution is 6.05. The number of nitrogens with zero attached hydrogens (tertiary/aromatic N) is 3. The molecule has 0 saturated carbocycles. The zero-order valence-electron chi connectivity index (χ0n) is 17.2. The van der Waals surface area contributed by atoms with Crippen molar-refractivity contribution in [1.29, 1.82) is 0 Å². The van der Waals surface area contributed by atoms with E-state index in [0.717, 1.165) is 0 Å². The molecule has 158 valence electrons. The Morgan fingerprint density at radius 2 is 1.90 bits per heavy atom. The van der Waals surface area contributed by atoms with E-state index in [0.29, 0.717) is 47.7 Å². The Bertz CT molecular complexity index is 1230. The molecule has 8 heteroatoms. The van der Waals surface area contributed by atoms with Crippen LogP contribution in [0.25, 0.3) is 5.69 Å². The van der Waals surface area contributed by atoms with Gasteiger partial charge in [-0.1, -0.05) is 0 Å². The van der Waals surface area contributed by atoms with E-state index in [4.69, 9.17) is 0 Å². The zero-order chi connectivity index (χ0) is 22.1. The fraction of sp³-hybridized carbons (Fsp3) is 0.217. The van der Waals surface area contributed by atoms with Gasteiger partial charge in [-0.2, -0.15) is 0 Å². The minimum atomic E-state index is -0.537. The normalized spacial score (nSPS) is 12.9. The van der Waals surface area contributed by atoms with Crippen LogP contribution in [0.15, 0.2) is 53.6 Å². The van der Waals surface area contributed by atoms with Gasteiger partial charge in [-0.3, -0.25) is 23.9 Å². The molecule has 0 bridgehead atoms. The van der Waals surface area contributed by atoms with E-state index in [2.05, 4.69) is 10.3 Å². The Morgan fingerprint density at radius 3 is 2.58 bits per heavy atom. The Kier molecular flexibility index (Phi) is 5.37. The lowest BCUT2D eigenvalue weighted by atomic mass is 9.95. The summed E-state index contributed by atoms with van der Waals surface area (Å²) in [7, 11) is 0. The number of pyridine rings is 2. The zero-order valence-corrected chi connectivity index (χ0v) is 17.2. The lowest BCUT2D eigenvalue weighted by molar-refractivity contribution is -0.129. The number of hydrogen-bond acceptors (Lipinski definition) is 4. The molecule has 31 heavy (non-hydrogen) atoms. The number of carbonyl (C=O) groups excluding carboxylic acids is 2. The molecule has 1 aliphatic rings. The number of hydrogen-bond donors (Lipinski definition) is 1. The van der Waals surface area contributed by atoms with Crippen molar-refractivity contribution in [1.82, 2.24) is 14.5 Å². The molecular weight excluding hydrogens is 399 g/mol. The lowest BCUT2D eigenvalue weighted by Crippen LogP contribution is -2.39. The van der Waals surface area contributed by atoms with E-state index in [-0.39, 0.29) is 11.5 Å². The van der Waals surface area contributed by atoms with Gasteiger partial charge in [0, 0.05) is 38.1 Å². The van der Waals surface area contributed by atoms with Crippen LogP contribution in [0.4, 0.5) is 10.1 Å². The van der Waals surface area contributed by atoms with Crippen molar-refractivity contribution < 1.29 is 14.0 Å². The first-order valence-corrected chi connectivity index (χ1v) is 9.87. The molecule has 0 saturated heterocycles. The maximum atomic E-state index is 13.4. The Hall–Kier alpha value is -3.81. The standard InChI is InChI=1S/C23H21FN4O3/c1-14-20(4-3-10-25-14)26-22(30)21-19-9-11-27(15(2)29)12-16(19)13-28(23(21)31)18-7-5-17(24)6-8-18/h3-8,10,13H,9,11-12H2,1-2H3,(H,26,30). The second-order valence-electron chi connectivity index (χ2n) is 7.44. The summed E-state index contributed by atoms with van der Waals surface area (Å²) < 4.78 is 14.7. The molecule has 1 aromatic carbocycles. The van der Waals surface area contributed by atoms with Crippen LogP contribution < -0.4 is 10.9 Å². The largest absolute Gasteiger partial charge is 0.338 e. The van der Waals surface area contributed by atoms with Gasteiger partial charge < -0.3 is 10.2 Å². The van der Waals surface area contributed by atoms with Gasteiger partial charge in [-0.05, 0) is 60.9 Å². The third kappa shape index (κ3) is 3.96. The molecule has 3 aromatic rings. The first-order valence-electron chi connectivity index (χ1n) is 9.87.